The highest BCUT2D eigenvalue weighted by atomic mass is 32.2. The monoisotopic (exact) mass is 294 g/mol. The van der Waals surface area contributed by atoms with Crippen LogP contribution in [0.25, 0.3) is 0 Å². The van der Waals surface area contributed by atoms with Gasteiger partial charge in [0.15, 0.2) is 9.84 Å². The SMILES string of the molecule is COC(=O)C(C)(C)CS(=O)(=O)CC(=O)OC(C)(C)C. The van der Waals surface area contributed by atoms with E-state index in [-0.39, 0.29) is 0 Å². The topological polar surface area (TPSA) is 86.7 Å². The molecule has 0 spiro atoms. The summed E-state index contributed by atoms with van der Waals surface area (Å²) in [5.74, 6) is -2.68. The van der Waals surface area contributed by atoms with Crippen molar-refractivity contribution in [1.29, 1.82) is 0 Å². The molecule has 0 bridgehead atoms. The van der Waals surface area contributed by atoms with Crippen molar-refractivity contribution in [3.05, 3.63) is 0 Å². The van der Waals surface area contributed by atoms with Gasteiger partial charge in [0.25, 0.3) is 0 Å². The van der Waals surface area contributed by atoms with E-state index in [1.807, 2.05) is 0 Å². The summed E-state index contributed by atoms with van der Waals surface area (Å²) in [6.07, 6.45) is 0. The third-order valence-corrected chi connectivity index (χ3v) is 3.91. The van der Waals surface area contributed by atoms with E-state index >= 15 is 0 Å². The molecule has 0 radical (unpaired) electrons. The fourth-order valence-electron chi connectivity index (χ4n) is 1.49. The van der Waals surface area contributed by atoms with Crippen LogP contribution in [0.15, 0.2) is 0 Å². The molecule has 0 aromatic carbocycles. The minimum absolute atomic E-state index is 0.466. The first-order valence-corrected chi connectivity index (χ1v) is 7.62. The van der Waals surface area contributed by atoms with Gasteiger partial charge in [0, 0.05) is 0 Å². The minimum atomic E-state index is -3.74. The van der Waals surface area contributed by atoms with Gasteiger partial charge in [-0.2, -0.15) is 0 Å². The molecule has 112 valence electrons. The number of esters is 2. The van der Waals surface area contributed by atoms with E-state index in [1.54, 1.807) is 20.8 Å². The maximum absolute atomic E-state index is 11.9. The van der Waals surface area contributed by atoms with Crippen molar-refractivity contribution in [3.63, 3.8) is 0 Å². The molecular formula is C12H22O6S. The van der Waals surface area contributed by atoms with E-state index in [9.17, 15) is 18.0 Å². The van der Waals surface area contributed by atoms with Gasteiger partial charge in [-0.15, -0.1) is 0 Å². The maximum Gasteiger partial charge on any atom is 0.321 e. The predicted molar refractivity (Wildman–Crippen MR) is 70.3 cm³/mol. The summed E-state index contributed by atoms with van der Waals surface area (Å²) in [6, 6.07) is 0. The second-order valence-electron chi connectivity index (χ2n) is 5.99. The molecule has 0 rings (SSSR count). The van der Waals surface area contributed by atoms with Crippen LogP contribution in [0.1, 0.15) is 34.6 Å². The van der Waals surface area contributed by atoms with Crippen LogP contribution in [0, 0.1) is 5.41 Å². The van der Waals surface area contributed by atoms with Crippen molar-refractivity contribution in [2.45, 2.75) is 40.2 Å². The zero-order chi connectivity index (χ0) is 15.5. The molecule has 0 aliphatic rings. The van der Waals surface area contributed by atoms with E-state index in [0.29, 0.717) is 0 Å². The van der Waals surface area contributed by atoms with Crippen molar-refractivity contribution >= 4 is 21.8 Å². The molecule has 7 heteroatoms. The van der Waals surface area contributed by atoms with Crippen molar-refractivity contribution in [1.82, 2.24) is 0 Å². The second kappa shape index (κ2) is 5.90. The average molecular weight is 294 g/mol. The Morgan fingerprint density at radius 2 is 1.53 bits per heavy atom. The van der Waals surface area contributed by atoms with E-state index in [2.05, 4.69) is 4.74 Å². The number of sulfone groups is 1. The zero-order valence-corrected chi connectivity index (χ0v) is 13.1. The van der Waals surface area contributed by atoms with Gasteiger partial charge in [0.1, 0.15) is 11.4 Å². The molecule has 0 aromatic heterocycles. The number of carbonyl (C=O) groups excluding carboxylic acids is 2. The minimum Gasteiger partial charge on any atom is -0.469 e. The highest BCUT2D eigenvalue weighted by molar-refractivity contribution is 7.92. The molecule has 19 heavy (non-hydrogen) atoms. The van der Waals surface area contributed by atoms with Gasteiger partial charge >= 0.3 is 11.9 Å². The van der Waals surface area contributed by atoms with E-state index < -0.39 is 44.3 Å². The van der Waals surface area contributed by atoms with Gasteiger partial charge < -0.3 is 9.47 Å². The molecule has 0 saturated carbocycles. The summed E-state index contributed by atoms with van der Waals surface area (Å²) in [6.45, 7) is 7.85. The molecular weight excluding hydrogens is 272 g/mol. The molecule has 0 aliphatic heterocycles. The van der Waals surface area contributed by atoms with Crippen LogP contribution >= 0.6 is 0 Å². The Kier molecular flexibility index (Phi) is 5.55. The molecule has 0 aromatic rings. The number of rotatable bonds is 5. The molecule has 0 amide bonds. The van der Waals surface area contributed by atoms with Crippen molar-refractivity contribution in [3.8, 4) is 0 Å². The van der Waals surface area contributed by atoms with Crippen LogP contribution in [0.4, 0.5) is 0 Å². The molecule has 0 saturated heterocycles. The first kappa shape index (κ1) is 17.9. The molecule has 6 nitrogen and oxygen atoms in total. The van der Waals surface area contributed by atoms with E-state index in [0.717, 1.165) is 0 Å². The predicted octanol–water partition coefficient (Wildman–Crippen LogP) is 0.942. The quantitative estimate of drug-likeness (QED) is 0.701. The van der Waals surface area contributed by atoms with Crippen LogP contribution in [-0.2, 0) is 28.9 Å². The lowest BCUT2D eigenvalue weighted by Crippen LogP contribution is -2.37. The van der Waals surface area contributed by atoms with Crippen LogP contribution in [0.5, 0.6) is 0 Å². The van der Waals surface area contributed by atoms with E-state index in [4.69, 9.17) is 4.74 Å². The number of ether oxygens (including phenoxy) is 2. The van der Waals surface area contributed by atoms with Crippen molar-refractivity contribution in [2.24, 2.45) is 5.41 Å². The summed E-state index contributed by atoms with van der Waals surface area (Å²) < 4.78 is 33.2. The van der Waals surface area contributed by atoms with Crippen molar-refractivity contribution in [2.75, 3.05) is 18.6 Å². The molecule has 0 atom stereocenters. The highest BCUT2D eigenvalue weighted by Crippen LogP contribution is 2.20. The number of carbonyl (C=O) groups is 2. The maximum atomic E-state index is 11.9. The second-order valence-corrected chi connectivity index (χ2v) is 8.06. The standard InChI is InChI=1S/C12H22O6S/c1-11(2,3)18-9(13)7-19(15,16)8-12(4,5)10(14)17-6/h7-8H2,1-6H3. The van der Waals surface area contributed by atoms with Crippen LogP contribution in [0.2, 0.25) is 0 Å². The lowest BCUT2D eigenvalue weighted by Gasteiger charge is -2.22. The van der Waals surface area contributed by atoms with Crippen LogP contribution in [0.3, 0.4) is 0 Å². The first-order chi connectivity index (χ1) is 8.29. The Morgan fingerprint density at radius 3 is 1.89 bits per heavy atom. The van der Waals surface area contributed by atoms with Gasteiger partial charge in [0.2, 0.25) is 0 Å². The van der Waals surface area contributed by atoms with Crippen molar-refractivity contribution < 1.29 is 27.5 Å². The fraction of sp³-hybridized carbons (Fsp3) is 0.833. The Morgan fingerprint density at radius 1 is 1.05 bits per heavy atom. The molecule has 0 N–H and O–H groups in total. The summed E-state index contributed by atoms with van der Waals surface area (Å²) in [4.78, 5) is 22.9. The third-order valence-electron chi connectivity index (χ3n) is 2.08. The normalized spacial score (nSPS) is 12.9. The van der Waals surface area contributed by atoms with Gasteiger partial charge in [0.05, 0.1) is 18.3 Å². The van der Waals surface area contributed by atoms with Gasteiger partial charge in [-0.05, 0) is 34.6 Å². The number of methoxy groups -OCH3 is 1. The third kappa shape index (κ3) is 7.15. The highest BCUT2D eigenvalue weighted by Gasteiger charge is 2.36. The van der Waals surface area contributed by atoms with Gasteiger partial charge in [-0.25, -0.2) is 8.42 Å². The fourth-order valence-corrected chi connectivity index (χ4v) is 3.22. The Hall–Kier alpha value is -1.11. The van der Waals surface area contributed by atoms with E-state index in [1.165, 1.54) is 21.0 Å². The van der Waals surface area contributed by atoms with Crippen LogP contribution in [-0.4, -0.2) is 44.6 Å². The molecule has 0 fully saturated rings. The molecule has 0 aliphatic carbocycles. The van der Waals surface area contributed by atoms with Crippen LogP contribution < -0.4 is 0 Å². The summed E-state index contributed by atoms with van der Waals surface area (Å²) in [7, 11) is -2.56. The first-order valence-electron chi connectivity index (χ1n) is 5.80. The zero-order valence-electron chi connectivity index (χ0n) is 12.3. The Balaban J connectivity index is 4.75. The summed E-state index contributed by atoms with van der Waals surface area (Å²) >= 11 is 0. The molecule has 0 heterocycles. The smallest absolute Gasteiger partial charge is 0.321 e. The Bertz CT molecular complexity index is 441. The van der Waals surface area contributed by atoms with Gasteiger partial charge in [-0.3, -0.25) is 9.59 Å². The lowest BCUT2D eigenvalue weighted by atomic mass is 9.97. The number of hydrogen-bond acceptors (Lipinski definition) is 6. The Labute approximate surface area is 114 Å². The summed E-state index contributed by atoms with van der Waals surface area (Å²) in [5, 5.41) is 0. The molecule has 0 unspecified atom stereocenters. The number of hydrogen-bond donors (Lipinski definition) is 0. The average Bonchev–Trinajstić information content (AvgIpc) is 2.09. The van der Waals surface area contributed by atoms with Gasteiger partial charge in [-0.1, -0.05) is 0 Å². The largest absolute Gasteiger partial charge is 0.469 e. The summed E-state index contributed by atoms with van der Waals surface area (Å²) in [5.41, 5.74) is -1.94. The lowest BCUT2D eigenvalue weighted by molar-refractivity contribution is -0.152.